The molecule has 0 saturated heterocycles. The minimum absolute atomic E-state index is 0.0628. The molecule has 170 valence electrons. The number of phenolic OH excluding ortho intramolecular Hbond substituents is 1. The Bertz CT molecular complexity index is 1310. The van der Waals surface area contributed by atoms with Crippen molar-refractivity contribution in [2.45, 2.75) is 54.4 Å². The smallest absolute Gasteiger partial charge is 0.210 e. The van der Waals surface area contributed by atoms with E-state index in [1.165, 1.54) is 24.3 Å². The quantitative estimate of drug-likeness (QED) is 0.509. The third-order valence-corrected chi connectivity index (χ3v) is 7.51. The van der Waals surface area contributed by atoms with Gasteiger partial charge in [0.15, 0.2) is 0 Å². The Hall–Kier alpha value is -3.27. The molecule has 0 heterocycles. The number of aromatic hydroxyl groups is 1. The van der Waals surface area contributed by atoms with Crippen LogP contribution in [0.2, 0.25) is 0 Å². The summed E-state index contributed by atoms with van der Waals surface area (Å²) in [5, 5.41) is 20.5. The van der Waals surface area contributed by atoms with Gasteiger partial charge in [0.1, 0.15) is 27.7 Å². The van der Waals surface area contributed by atoms with E-state index in [-0.39, 0.29) is 15.5 Å². The number of para-hydroxylation sites is 1. The van der Waals surface area contributed by atoms with Crippen molar-refractivity contribution in [1.29, 1.82) is 0 Å². The molecule has 0 amide bonds. The van der Waals surface area contributed by atoms with Crippen LogP contribution < -0.4 is 4.74 Å². The first-order valence-electron chi connectivity index (χ1n) is 10.9. The molecule has 0 spiro atoms. The van der Waals surface area contributed by atoms with E-state index in [0.717, 1.165) is 30.4 Å². The van der Waals surface area contributed by atoms with Gasteiger partial charge in [-0.2, -0.15) is 0 Å². The van der Waals surface area contributed by atoms with E-state index in [9.17, 15) is 18.6 Å². The zero-order valence-corrected chi connectivity index (χ0v) is 19.2. The van der Waals surface area contributed by atoms with Crippen LogP contribution in [-0.4, -0.2) is 24.2 Å². The summed E-state index contributed by atoms with van der Waals surface area (Å²) >= 11 is 0. The van der Waals surface area contributed by atoms with Crippen LogP contribution in [0.4, 0.5) is 0 Å². The minimum atomic E-state index is -3.84. The number of ether oxygens (including phenoxy) is 1. The van der Waals surface area contributed by atoms with Crippen molar-refractivity contribution < 1.29 is 23.4 Å². The minimum Gasteiger partial charge on any atom is -0.507 e. The predicted molar refractivity (Wildman–Crippen MR) is 126 cm³/mol. The average Bonchev–Trinajstić information content (AvgIpc) is 2.79. The summed E-state index contributed by atoms with van der Waals surface area (Å²) in [4.78, 5) is -0.0759. The van der Waals surface area contributed by atoms with E-state index in [1.807, 2.05) is 19.1 Å². The molecule has 0 aromatic heterocycles. The first-order valence-corrected chi connectivity index (χ1v) is 12.4. The second-order valence-electron chi connectivity index (χ2n) is 8.42. The van der Waals surface area contributed by atoms with E-state index >= 15 is 0 Å². The van der Waals surface area contributed by atoms with Crippen LogP contribution in [0.5, 0.6) is 17.2 Å². The molecule has 6 heteroatoms. The van der Waals surface area contributed by atoms with Crippen LogP contribution in [0.15, 0.2) is 76.5 Å². The number of aryl methyl sites for hydroxylation is 1. The molecule has 1 aliphatic rings. The second kappa shape index (κ2) is 9.30. The second-order valence-corrected chi connectivity index (χ2v) is 10.3. The molecule has 0 aliphatic heterocycles. The topological polar surface area (TPSA) is 83.8 Å². The first kappa shape index (κ1) is 22.9. The van der Waals surface area contributed by atoms with E-state index in [4.69, 9.17) is 4.74 Å². The number of hydrogen-bond acceptors (Lipinski definition) is 5. The van der Waals surface area contributed by atoms with Gasteiger partial charge in [0.25, 0.3) is 0 Å². The Balaban J connectivity index is 1.54. The number of phenols is 1. The molecule has 3 aromatic rings. The van der Waals surface area contributed by atoms with Crippen LogP contribution in [-0.2, 0) is 9.84 Å². The van der Waals surface area contributed by atoms with Gasteiger partial charge in [-0.3, -0.25) is 0 Å². The predicted octanol–water partition coefficient (Wildman–Crippen LogP) is 5.37. The summed E-state index contributed by atoms with van der Waals surface area (Å²) in [6.45, 7) is 1.94. The number of hydrogen-bond donors (Lipinski definition) is 2. The van der Waals surface area contributed by atoms with Crippen LogP contribution in [0.25, 0.3) is 0 Å². The van der Waals surface area contributed by atoms with Crippen LogP contribution in [0, 0.1) is 18.8 Å². The first-order chi connectivity index (χ1) is 15.7. The Labute approximate surface area is 194 Å². The van der Waals surface area contributed by atoms with Crippen molar-refractivity contribution in [3.05, 3.63) is 77.9 Å². The third-order valence-electron chi connectivity index (χ3n) is 5.70. The van der Waals surface area contributed by atoms with E-state index in [1.54, 1.807) is 30.3 Å². The van der Waals surface area contributed by atoms with Gasteiger partial charge >= 0.3 is 0 Å². The van der Waals surface area contributed by atoms with Crippen molar-refractivity contribution in [2.75, 3.05) is 0 Å². The SMILES string of the molecule is Cc1cc(C#CC2(O)CCCCC2)cc(Oc2ccc(S(=O)(=O)c3ccccc3O)cc2)c1. The lowest BCUT2D eigenvalue weighted by atomic mass is 9.85. The highest BCUT2D eigenvalue weighted by Gasteiger charge is 2.26. The van der Waals surface area contributed by atoms with E-state index in [0.29, 0.717) is 24.3 Å². The number of aliphatic hydroxyl groups is 1. The van der Waals surface area contributed by atoms with Gasteiger partial charge in [-0.05, 0) is 92.8 Å². The maximum Gasteiger partial charge on any atom is 0.210 e. The van der Waals surface area contributed by atoms with Crippen LogP contribution in [0.1, 0.15) is 43.2 Å². The van der Waals surface area contributed by atoms with Gasteiger partial charge in [0.05, 0.1) is 4.90 Å². The summed E-state index contributed by atoms with van der Waals surface area (Å²) in [5.41, 5.74) is 0.797. The Morgan fingerprint density at radius 2 is 1.61 bits per heavy atom. The summed E-state index contributed by atoms with van der Waals surface area (Å²) in [6.07, 6.45) is 4.52. The molecule has 33 heavy (non-hydrogen) atoms. The van der Waals surface area contributed by atoms with Gasteiger partial charge in [-0.15, -0.1) is 0 Å². The van der Waals surface area contributed by atoms with E-state index in [2.05, 4.69) is 11.8 Å². The zero-order valence-electron chi connectivity index (χ0n) is 18.4. The van der Waals surface area contributed by atoms with Gasteiger partial charge < -0.3 is 14.9 Å². The zero-order chi connectivity index (χ0) is 23.5. The van der Waals surface area contributed by atoms with E-state index < -0.39 is 15.4 Å². The molecule has 2 N–H and O–H groups in total. The van der Waals surface area contributed by atoms with Gasteiger partial charge in [0, 0.05) is 5.56 Å². The average molecular weight is 463 g/mol. The molecular weight excluding hydrogens is 436 g/mol. The molecule has 3 aromatic carbocycles. The molecule has 1 saturated carbocycles. The standard InChI is InChI=1S/C27H26O5S/c1-20-17-21(13-16-27(29)14-5-2-6-15-27)19-23(18-20)32-22-9-11-24(12-10-22)33(30,31)26-8-4-3-7-25(26)28/h3-4,7-12,17-19,28-29H,2,5-6,14-15H2,1H3. The van der Waals surface area contributed by atoms with Gasteiger partial charge in [-0.25, -0.2) is 8.42 Å². The van der Waals surface area contributed by atoms with Crippen molar-refractivity contribution in [2.24, 2.45) is 0 Å². The largest absolute Gasteiger partial charge is 0.507 e. The summed E-state index contributed by atoms with van der Waals surface area (Å²) in [5.74, 6) is 6.89. The Morgan fingerprint density at radius 3 is 2.30 bits per heavy atom. The number of benzene rings is 3. The fourth-order valence-corrected chi connectivity index (χ4v) is 5.31. The molecule has 5 nitrogen and oxygen atoms in total. The lowest BCUT2D eigenvalue weighted by Gasteiger charge is -2.26. The molecule has 4 rings (SSSR count). The third kappa shape index (κ3) is 5.39. The molecule has 0 unspecified atom stereocenters. The van der Waals surface area contributed by atoms with Crippen molar-refractivity contribution in [3.63, 3.8) is 0 Å². The molecule has 0 atom stereocenters. The van der Waals surface area contributed by atoms with Gasteiger partial charge in [0.2, 0.25) is 9.84 Å². The summed E-state index contributed by atoms with van der Waals surface area (Å²) in [7, 11) is -3.84. The lowest BCUT2D eigenvalue weighted by molar-refractivity contribution is 0.0610. The normalized spacial score (nSPS) is 15.3. The molecule has 0 radical (unpaired) electrons. The fraction of sp³-hybridized carbons (Fsp3) is 0.259. The maximum absolute atomic E-state index is 12.8. The molecule has 1 aliphatic carbocycles. The summed E-state index contributed by atoms with van der Waals surface area (Å²) < 4.78 is 31.6. The molecule has 0 bridgehead atoms. The highest BCUT2D eigenvalue weighted by Crippen LogP contribution is 2.31. The van der Waals surface area contributed by atoms with Gasteiger partial charge in [-0.1, -0.05) is 30.4 Å². The summed E-state index contributed by atoms with van der Waals surface area (Å²) in [6, 6.07) is 17.5. The Kier molecular flexibility index (Phi) is 6.46. The highest BCUT2D eigenvalue weighted by molar-refractivity contribution is 7.91. The van der Waals surface area contributed by atoms with Crippen molar-refractivity contribution >= 4 is 9.84 Å². The van der Waals surface area contributed by atoms with Crippen LogP contribution >= 0.6 is 0 Å². The molecular formula is C27H26O5S. The fourth-order valence-electron chi connectivity index (χ4n) is 3.96. The maximum atomic E-state index is 12.8. The number of sulfone groups is 1. The lowest BCUT2D eigenvalue weighted by Crippen LogP contribution is -2.29. The monoisotopic (exact) mass is 462 g/mol. The van der Waals surface area contributed by atoms with Crippen molar-refractivity contribution in [1.82, 2.24) is 0 Å². The molecule has 1 fully saturated rings. The van der Waals surface area contributed by atoms with Crippen molar-refractivity contribution in [3.8, 4) is 29.1 Å². The van der Waals surface area contributed by atoms with Crippen LogP contribution in [0.3, 0.4) is 0 Å². The number of rotatable bonds is 4. The Morgan fingerprint density at radius 1 is 0.909 bits per heavy atom. The highest BCUT2D eigenvalue weighted by atomic mass is 32.2.